The molecule has 29 heavy (non-hydrogen) atoms. The molecule has 0 radical (unpaired) electrons. The molecule has 0 bridgehead atoms. The highest BCUT2D eigenvalue weighted by Crippen LogP contribution is 2.26. The zero-order valence-electron chi connectivity index (χ0n) is 16.5. The third-order valence-electron chi connectivity index (χ3n) is 4.08. The zero-order chi connectivity index (χ0) is 20.3. The van der Waals surface area contributed by atoms with Crippen LogP contribution in [0.25, 0.3) is 0 Å². The number of benzene rings is 3. The molecule has 1 amide bonds. The summed E-state index contributed by atoms with van der Waals surface area (Å²) < 4.78 is 17.2. The second kappa shape index (κ2) is 10.8. The van der Waals surface area contributed by atoms with Gasteiger partial charge in [-0.05, 0) is 42.8 Å². The average Bonchev–Trinajstić information content (AvgIpc) is 2.77. The van der Waals surface area contributed by atoms with Crippen molar-refractivity contribution in [3.63, 3.8) is 0 Å². The maximum atomic E-state index is 12.8. The van der Waals surface area contributed by atoms with Gasteiger partial charge in [0.1, 0.15) is 30.5 Å². The average molecular weight is 391 g/mol. The highest BCUT2D eigenvalue weighted by atomic mass is 16.5. The Morgan fingerprint density at radius 2 is 1.34 bits per heavy atom. The van der Waals surface area contributed by atoms with Crippen LogP contribution >= 0.6 is 0 Å². The Bertz CT molecular complexity index is 912. The predicted molar refractivity (Wildman–Crippen MR) is 114 cm³/mol. The summed E-state index contributed by atoms with van der Waals surface area (Å²) in [5.74, 6) is 1.71. The minimum Gasteiger partial charge on any atom is -0.493 e. The Morgan fingerprint density at radius 1 is 0.724 bits per heavy atom. The van der Waals surface area contributed by atoms with E-state index < -0.39 is 0 Å². The van der Waals surface area contributed by atoms with Crippen LogP contribution in [0.4, 0.5) is 5.69 Å². The molecule has 0 saturated heterocycles. The summed E-state index contributed by atoms with van der Waals surface area (Å²) in [7, 11) is 0. The Hall–Kier alpha value is -3.47. The first kappa shape index (κ1) is 20.3. The number of hydrogen-bond acceptors (Lipinski definition) is 4. The van der Waals surface area contributed by atoms with Crippen LogP contribution < -0.4 is 19.5 Å². The van der Waals surface area contributed by atoms with Crippen LogP contribution in [-0.4, -0.2) is 25.7 Å². The molecule has 3 rings (SSSR count). The van der Waals surface area contributed by atoms with E-state index in [1.807, 2.05) is 67.6 Å². The lowest BCUT2D eigenvalue weighted by atomic mass is 10.1. The number of hydrogen-bond donors (Lipinski definition) is 1. The molecule has 0 aliphatic carbocycles. The van der Waals surface area contributed by atoms with Gasteiger partial charge in [0, 0.05) is 0 Å². The van der Waals surface area contributed by atoms with Crippen molar-refractivity contribution in [2.45, 2.75) is 13.3 Å². The van der Waals surface area contributed by atoms with Gasteiger partial charge >= 0.3 is 0 Å². The van der Waals surface area contributed by atoms with Gasteiger partial charge in [0.25, 0.3) is 5.91 Å². The molecule has 3 aromatic rings. The van der Waals surface area contributed by atoms with E-state index in [1.54, 1.807) is 18.2 Å². The normalized spacial score (nSPS) is 10.2. The summed E-state index contributed by atoms with van der Waals surface area (Å²) >= 11 is 0. The van der Waals surface area contributed by atoms with Crippen molar-refractivity contribution >= 4 is 11.6 Å². The van der Waals surface area contributed by atoms with E-state index in [0.717, 1.165) is 12.2 Å². The third-order valence-corrected chi connectivity index (χ3v) is 4.08. The lowest BCUT2D eigenvalue weighted by Crippen LogP contribution is -2.15. The molecule has 0 fully saturated rings. The molecule has 0 aliphatic heterocycles. The van der Waals surface area contributed by atoms with Gasteiger partial charge in [-0.1, -0.05) is 49.4 Å². The highest BCUT2D eigenvalue weighted by Gasteiger charge is 2.14. The van der Waals surface area contributed by atoms with Gasteiger partial charge < -0.3 is 19.5 Å². The smallest absolute Gasteiger partial charge is 0.259 e. The van der Waals surface area contributed by atoms with Gasteiger partial charge in [-0.25, -0.2) is 0 Å². The summed E-state index contributed by atoms with van der Waals surface area (Å²) in [5.41, 5.74) is 1.09. The molecule has 5 nitrogen and oxygen atoms in total. The van der Waals surface area contributed by atoms with E-state index in [2.05, 4.69) is 5.32 Å². The molecule has 0 saturated carbocycles. The largest absolute Gasteiger partial charge is 0.493 e. The number of carbonyl (C=O) groups is 1. The van der Waals surface area contributed by atoms with E-state index in [9.17, 15) is 4.79 Å². The number of para-hydroxylation sites is 4. The monoisotopic (exact) mass is 391 g/mol. The fourth-order valence-corrected chi connectivity index (χ4v) is 2.71. The minimum atomic E-state index is -0.242. The first-order chi connectivity index (χ1) is 14.3. The molecule has 1 N–H and O–H groups in total. The standard InChI is InChI=1S/C24H25NO4/c1-2-16-28-22-14-8-6-12-20(22)24(26)25-21-13-7-9-15-23(21)29-18-17-27-19-10-4-3-5-11-19/h3-15H,2,16-18H2,1H3,(H,25,26). The molecule has 0 unspecified atom stereocenters. The Labute approximate surface area is 171 Å². The fraction of sp³-hybridized carbons (Fsp3) is 0.208. The molecule has 0 heterocycles. The maximum Gasteiger partial charge on any atom is 0.259 e. The molecule has 150 valence electrons. The Kier molecular flexibility index (Phi) is 7.52. The number of carbonyl (C=O) groups excluding carboxylic acids is 1. The summed E-state index contributed by atoms with van der Waals surface area (Å²) in [6, 6.07) is 24.1. The number of anilines is 1. The molecule has 0 spiro atoms. The SMILES string of the molecule is CCCOc1ccccc1C(=O)Nc1ccccc1OCCOc1ccccc1. The van der Waals surface area contributed by atoms with Crippen molar-refractivity contribution in [2.75, 3.05) is 25.1 Å². The number of rotatable bonds is 10. The van der Waals surface area contributed by atoms with E-state index >= 15 is 0 Å². The molecule has 0 aliphatic rings. The quantitative estimate of drug-likeness (QED) is 0.484. The second-order valence-electron chi connectivity index (χ2n) is 6.30. The summed E-state index contributed by atoms with van der Waals surface area (Å²) in [5, 5.41) is 2.92. The Morgan fingerprint density at radius 3 is 2.14 bits per heavy atom. The van der Waals surface area contributed by atoms with E-state index in [1.165, 1.54) is 0 Å². The minimum absolute atomic E-state index is 0.242. The number of ether oxygens (including phenoxy) is 3. The number of nitrogens with one attached hydrogen (secondary N) is 1. The van der Waals surface area contributed by atoms with Crippen LogP contribution in [0.5, 0.6) is 17.2 Å². The van der Waals surface area contributed by atoms with Crippen molar-refractivity contribution < 1.29 is 19.0 Å². The van der Waals surface area contributed by atoms with Crippen molar-refractivity contribution in [3.05, 3.63) is 84.4 Å². The Balaban J connectivity index is 1.61. The summed E-state index contributed by atoms with van der Waals surface area (Å²) in [4.78, 5) is 12.8. The van der Waals surface area contributed by atoms with Crippen molar-refractivity contribution in [1.82, 2.24) is 0 Å². The summed E-state index contributed by atoms with van der Waals surface area (Å²) in [6.45, 7) is 3.35. The van der Waals surface area contributed by atoms with Gasteiger partial charge in [0.2, 0.25) is 0 Å². The first-order valence-corrected chi connectivity index (χ1v) is 9.71. The van der Waals surface area contributed by atoms with Crippen LogP contribution in [0.1, 0.15) is 23.7 Å². The van der Waals surface area contributed by atoms with Gasteiger partial charge in [-0.3, -0.25) is 4.79 Å². The molecular weight excluding hydrogens is 366 g/mol. The molecule has 0 aromatic heterocycles. The van der Waals surface area contributed by atoms with E-state index in [4.69, 9.17) is 14.2 Å². The van der Waals surface area contributed by atoms with Gasteiger partial charge in [-0.2, -0.15) is 0 Å². The lowest BCUT2D eigenvalue weighted by Gasteiger charge is -2.14. The van der Waals surface area contributed by atoms with E-state index in [-0.39, 0.29) is 5.91 Å². The first-order valence-electron chi connectivity index (χ1n) is 9.71. The predicted octanol–water partition coefficient (Wildman–Crippen LogP) is 5.19. The highest BCUT2D eigenvalue weighted by molar-refractivity contribution is 6.06. The van der Waals surface area contributed by atoms with Crippen LogP contribution in [0.3, 0.4) is 0 Å². The van der Waals surface area contributed by atoms with Crippen molar-refractivity contribution in [1.29, 1.82) is 0 Å². The molecule has 5 heteroatoms. The van der Waals surface area contributed by atoms with Crippen molar-refractivity contribution in [2.24, 2.45) is 0 Å². The number of amides is 1. The van der Waals surface area contributed by atoms with Crippen LogP contribution in [0, 0.1) is 0 Å². The molecule has 3 aromatic carbocycles. The molecular formula is C24H25NO4. The van der Waals surface area contributed by atoms with Gasteiger partial charge in [0.05, 0.1) is 17.9 Å². The van der Waals surface area contributed by atoms with Gasteiger partial charge in [-0.15, -0.1) is 0 Å². The van der Waals surface area contributed by atoms with Gasteiger partial charge in [0.15, 0.2) is 0 Å². The van der Waals surface area contributed by atoms with Crippen LogP contribution in [0.15, 0.2) is 78.9 Å². The summed E-state index contributed by atoms with van der Waals surface area (Å²) in [6.07, 6.45) is 0.873. The second-order valence-corrected chi connectivity index (χ2v) is 6.30. The zero-order valence-corrected chi connectivity index (χ0v) is 16.5. The maximum absolute atomic E-state index is 12.8. The fourth-order valence-electron chi connectivity index (χ4n) is 2.71. The van der Waals surface area contributed by atoms with E-state index in [0.29, 0.717) is 42.6 Å². The van der Waals surface area contributed by atoms with Crippen molar-refractivity contribution in [3.8, 4) is 17.2 Å². The van der Waals surface area contributed by atoms with Crippen LogP contribution in [0.2, 0.25) is 0 Å². The molecule has 0 atom stereocenters. The topological polar surface area (TPSA) is 56.8 Å². The lowest BCUT2D eigenvalue weighted by molar-refractivity contribution is 0.102. The van der Waals surface area contributed by atoms with Crippen LogP contribution in [-0.2, 0) is 0 Å². The third kappa shape index (κ3) is 6.01.